The van der Waals surface area contributed by atoms with Crippen molar-refractivity contribution in [3.8, 4) is 5.75 Å². The summed E-state index contributed by atoms with van der Waals surface area (Å²) >= 11 is 0. The number of rotatable bonds is 8. The SMILES string of the molecule is CC(C)CCCCCCNC1c2ccccc2OCC1C. The molecule has 0 aliphatic carbocycles. The van der Waals surface area contributed by atoms with Crippen LogP contribution in [0.1, 0.15) is 64.5 Å². The van der Waals surface area contributed by atoms with Gasteiger partial charge in [-0.05, 0) is 24.9 Å². The van der Waals surface area contributed by atoms with Gasteiger partial charge in [0.1, 0.15) is 5.75 Å². The number of nitrogens with one attached hydrogen (secondary N) is 1. The van der Waals surface area contributed by atoms with E-state index in [1.165, 1.54) is 37.7 Å². The normalized spacial score (nSPS) is 21.1. The summed E-state index contributed by atoms with van der Waals surface area (Å²) in [6.07, 6.45) is 6.76. The van der Waals surface area contributed by atoms with Crippen LogP contribution in [-0.2, 0) is 0 Å². The molecule has 1 heterocycles. The van der Waals surface area contributed by atoms with Gasteiger partial charge in [-0.1, -0.05) is 64.7 Å². The van der Waals surface area contributed by atoms with Gasteiger partial charge in [0.2, 0.25) is 0 Å². The summed E-state index contributed by atoms with van der Waals surface area (Å²) in [6.45, 7) is 8.83. The minimum absolute atomic E-state index is 0.450. The highest BCUT2D eigenvalue weighted by molar-refractivity contribution is 5.37. The van der Waals surface area contributed by atoms with Gasteiger partial charge in [-0.2, -0.15) is 0 Å². The molecule has 2 unspecified atom stereocenters. The second-order valence-electron chi connectivity index (χ2n) is 6.85. The van der Waals surface area contributed by atoms with Gasteiger partial charge < -0.3 is 10.1 Å². The average Bonchev–Trinajstić information content (AvgIpc) is 2.48. The molecule has 21 heavy (non-hydrogen) atoms. The first-order valence-corrected chi connectivity index (χ1v) is 8.63. The van der Waals surface area contributed by atoms with E-state index < -0.39 is 0 Å². The first-order chi connectivity index (χ1) is 10.2. The molecule has 1 aromatic carbocycles. The monoisotopic (exact) mass is 289 g/mol. The zero-order valence-electron chi connectivity index (χ0n) is 13.9. The number of hydrogen-bond acceptors (Lipinski definition) is 2. The van der Waals surface area contributed by atoms with E-state index in [0.717, 1.165) is 24.8 Å². The molecule has 0 aromatic heterocycles. The topological polar surface area (TPSA) is 21.3 Å². The van der Waals surface area contributed by atoms with E-state index in [1.807, 2.05) is 0 Å². The maximum atomic E-state index is 5.81. The Labute approximate surface area is 130 Å². The van der Waals surface area contributed by atoms with E-state index >= 15 is 0 Å². The number of unbranched alkanes of at least 4 members (excludes halogenated alkanes) is 3. The van der Waals surface area contributed by atoms with E-state index in [0.29, 0.717) is 12.0 Å². The van der Waals surface area contributed by atoms with Gasteiger partial charge in [-0.15, -0.1) is 0 Å². The molecule has 0 amide bonds. The number of ether oxygens (including phenoxy) is 1. The van der Waals surface area contributed by atoms with Crippen LogP contribution in [0.2, 0.25) is 0 Å². The van der Waals surface area contributed by atoms with Crippen molar-refractivity contribution in [3.05, 3.63) is 29.8 Å². The minimum Gasteiger partial charge on any atom is -0.493 e. The largest absolute Gasteiger partial charge is 0.493 e. The van der Waals surface area contributed by atoms with Crippen molar-refractivity contribution in [2.75, 3.05) is 13.2 Å². The van der Waals surface area contributed by atoms with Crippen molar-refractivity contribution in [2.45, 2.75) is 58.9 Å². The Bertz CT molecular complexity index is 416. The molecule has 2 nitrogen and oxygen atoms in total. The number of benzene rings is 1. The van der Waals surface area contributed by atoms with Gasteiger partial charge in [0, 0.05) is 17.5 Å². The fraction of sp³-hybridized carbons (Fsp3) is 0.684. The first-order valence-electron chi connectivity index (χ1n) is 8.63. The quantitative estimate of drug-likeness (QED) is 0.683. The molecule has 0 fully saturated rings. The maximum Gasteiger partial charge on any atom is 0.124 e. The minimum atomic E-state index is 0.450. The summed E-state index contributed by atoms with van der Waals surface area (Å²) in [4.78, 5) is 0. The molecule has 1 aliphatic rings. The molecule has 2 heteroatoms. The molecule has 0 radical (unpaired) electrons. The standard InChI is InChI=1S/C19H31NO/c1-15(2)10-6-4-5-9-13-20-19-16(3)14-21-18-12-8-7-11-17(18)19/h7-8,11-12,15-16,19-20H,4-6,9-10,13-14H2,1-3H3. The molecule has 0 bridgehead atoms. The lowest BCUT2D eigenvalue weighted by Gasteiger charge is -2.32. The Morgan fingerprint density at radius 1 is 1.14 bits per heavy atom. The Morgan fingerprint density at radius 3 is 2.71 bits per heavy atom. The van der Waals surface area contributed by atoms with Gasteiger partial charge >= 0.3 is 0 Å². The summed E-state index contributed by atoms with van der Waals surface area (Å²) in [6, 6.07) is 8.90. The predicted octanol–water partition coefficient (Wildman–Crippen LogP) is 4.95. The van der Waals surface area contributed by atoms with Crippen molar-refractivity contribution in [1.82, 2.24) is 5.32 Å². The van der Waals surface area contributed by atoms with Gasteiger partial charge in [0.15, 0.2) is 0 Å². The summed E-state index contributed by atoms with van der Waals surface area (Å²) in [5.74, 6) is 2.45. The van der Waals surface area contributed by atoms with Crippen molar-refractivity contribution in [1.29, 1.82) is 0 Å². The van der Waals surface area contributed by atoms with Gasteiger partial charge in [0.25, 0.3) is 0 Å². The molecule has 2 atom stereocenters. The van der Waals surface area contributed by atoms with Gasteiger partial charge in [-0.25, -0.2) is 0 Å². The van der Waals surface area contributed by atoms with Crippen molar-refractivity contribution < 1.29 is 4.74 Å². The Kier molecular flexibility index (Phi) is 6.56. The Balaban J connectivity index is 1.71. The Morgan fingerprint density at radius 2 is 1.90 bits per heavy atom. The van der Waals surface area contributed by atoms with E-state index in [9.17, 15) is 0 Å². The summed E-state index contributed by atoms with van der Waals surface area (Å²) in [5, 5.41) is 3.75. The van der Waals surface area contributed by atoms with Crippen LogP contribution in [-0.4, -0.2) is 13.2 Å². The fourth-order valence-corrected chi connectivity index (χ4v) is 3.09. The number of fused-ring (bicyclic) bond motifs is 1. The summed E-state index contributed by atoms with van der Waals surface area (Å²) in [5.41, 5.74) is 1.33. The molecular weight excluding hydrogens is 258 g/mol. The van der Waals surface area contributed by atoms with Crippen LogP contribution in [0.4, 0.5) is 0 Å². The van der Waals surface area contributed by atoms with Crippen molar-refractivity contribution >= 4 is 0 Å². The van der Waals surface area contributed by atoms with Crippen LogP contribution < -0.4 is 10.1 Å². The highest BCUT2D eigenvalue weighted by Crippen LogP contribution is 2.34. The number of hydrogen-bond donors (Lipinski definition) is 1. The maximum absolute atomic E-state index is 5.81. The van der Waals surface area contributed by atoms with Crippen LogP contribution in [0.3, 0.4) is 0 Å². The van der Waals surface area contributed by atoms with Crippen LogP contribution >= 0.6 is 0 Å². The molecule has 1 aromatic rings. The first kappa shape index (κ1) is 16.4. The second-order valence-corrected chi connectivity index (χ2v) is 6.85. The van der Waals surface area contributed by atoms with Crippen LogP contribution in [0.5, 0.6) is 5.75 Å². The van der Waals surface area contributed by atoms with E-state index in [4.69, 9.17) is 4.74 Å². The van der Waals surface area contributed by atoms with Crippen LogP contribution in [0.15, 0.2) is 24.3 Å². The second kappa shape index (κ2) is 8.43. The molecule has 0 saturated heterocycles. The molecular formula is C19H31NO. The van der Waals surface area contributed by atoms with E-state index in [-0.39, 0.29) is 0 Å². The zero-order valence-corrected chi connectivity index (χ0v) is 13.9. The summed E-state index contributed by atoms with van der Waals surface area (Å²) < 4.78 is 5.81. The number of para-hydroxylation sites is 1. The summed E-state index contributed by atoms with van der Waals surface area (Å²) in [7, 11) is 0. The lowest BCUT2D eigenvalue weighted by Crippen LogP contribution is -2.34. The average molecular weight is 289 g/mol. The van der Waals surface area contributed by atoms with Crippen LogP contribution in [0, 0.1) is 11.8 Å². The molecule has 0 saturated carbocycles. The third-order valence-electron chi connectivity index (χ3n) is 4.40. The fourth-order valence-electron chi connectivity index (χ4n) is 3.09. The van der Waals surface area contributed by atoms with Crippen molar-refractivity contribution in [2.24, 2.45) is 11.8 Å². The molecule has 118 valence electrons. The Hall–Kier alpha value is -1.02. The third kappa shape index (κ3) is 5.03. The van der Waals surface area contributed by atoms with E-state index in [2.05, 4.69) is 50.4 Å². The molecule has 2 rings (SSSR count). The smallest absolute Gasteiger partial charge is 0.124 e. The third-order valence-corrected chi connectivity index (χ3v) is 4.40. The predicted molar refractivity (Wildman–Crippen MR) is 89.8 cm³/mol. The highest BCUT2D eigenvalue weighted by Gasteiger charge is 2.26. The molecule has 1 N–H and O–H groups in total. The lowest BCUT2D eigenvalue weighted by molar-refractivity contribution is 0.188. The zero-order chi connectivity index (χ0) is 15.1. The molecule has 1 aliphatic heterocycles. The van der Waals surface area contributed by atoms with Crippen molar-refractivity contribution in [3.63, 3.8) is 0 Å². The van der Waals surface area contributed by atoms with E-state index in [1.54, 1.807) is 0 Å². The van der Waals surface area contributed by atoms with Crippen LogP contribution in [0.25, 0.3) is 0 Å². The lowest BCUT2D eigenvalue weighted by atomic mass is 9.92. The van der Waals surface area contributed by atoms with Gasteiger partial charge in [0.05, 0.1) is 6.61 Å². The van der Waals surface area contributed by atoms with Gasteiger partial charge in [-0.3, -0.25) is 0 Å². The highest BCUT2D eigenvalue weighted by atomic mass is 16.5. The molecule has 0 spiro atoms.